The quantitative estimate of drug-likeness (QED) is 0.522. The van der Waals surface area contributed by atoms with Crippen molar-refractivity contribution in [3.8, 4) is 12.0 Å². The summed E-state index contributed by atoms with van der Waals surface area (Å²) in [5, 5.41) is 23.0. The van der Waals surface area contributed by atoms with Gasteiger partial charge >= 0.3 is 11.9 Å². The molecule has 0 aromatic heterocycles. The number of hydrogen-bond donors (Lipinski definition) is 3. The molecule has 0 fully saturated rings. The lowest BCUT2D eigenvalue weighted by Crippen LogP contribution is -1.90. The van der Waals surface area contributed by atoms with Gasteiger partial charge in [0, 0.05) is 6.42 Å². The topological polar surface area (TPSA) is 94.8 Å². The molecule has 0 atom stereocenters. The van der Waals surface area contributed by atoms with Crippen LogP contribution in [0.15, 0.2) is 0 Å². The van der Waals surface area contributed by atoms with Gasteiger partial charge in [-0.15, -0.1) is 0 Å². The van der Waals surface area contributed by atoms with Crippen molar-refractivity contribution in [3.05, 3.63) is 0 Å². The molecule has 0 saturated heterocycles. The fraction of sp³-hybridized carbons (Fsp3) is 0.429. The second-order valence-corrected chi connectivity index (χ2v) is 1.69. The van der Waals surface area contributed by atoms with E-state index in [0.717, 1.165) is 6.42 Å². The van der Waals surface area contributed by atoms with E-state index in [9.17, 15) is 9.59 Å². The van der Waals surface area contributed by atoms with Gasteiger partial charge in [0.05, 0.1) is 5.92 Å². The molecule has 0 rings (SSSR count). The number of aliphatic hydroxyl groups is 1. The molecule has 0 radical (unpaired) electrons. The molecular formula is C7H10O5. The molecule has 3 N–H and O–H groups in total. The third kappa shape index (κ3) is 23.9. The Labute approximate surface area is 69.6 Å². The van der Waals surface area contributed by atoms with E-state index in [1.807, 2.05) is 6.92 Å². The van der Waals surface area contributed by atoms with Crippen LogP contribution in [0.4, 0.5) is 0 Å². The molecule has 68 valence electrons. The lowest BCUT2D eigenvalue weighted by atomic mass is 10.4. The number of carboxylic acids is 2. The van der Waals surface area contributed by atoms with Gasteiger partial charge in [0.25, 0.3) is 0 Å². The molecule has 0 aliphatic heterocycles. The van der Waals surface area contributed by atoms with Gasteiger partial charge in [0.1, 0.15) is 6.11 Å². The van der Waals surface area contributed by atoms with Crippen LogP contribution >= 0.6 is 0 Å². The van der Waals surface area contributed by atoms with Gasteiger partial charge in [-0.3, -0.25) is 4.79 Å². The minimum absolute atomic E-state index is 0.292. The van der Waals surface area contributed by atoms with E-state index in [1.54, 1.807) is 0 Å². The largest absolute Gasteiger partial charge is 0.481 e. The average Bonchev–Trinajstić information content (AvgIpc) is 1.87. The number of carbonyl (C=O) groups is 2. The fourth-order valence-corrected chi connectivity index (χ4v) is 0.262. The molecule has 0 heterocycles. The zero-order valence-electron chi connectivity index (χ0n) is 6.57. The van der Waals surface area contributed by atoms with E-state index in [2.05, 4.69) is 0 Å². The van der Waals surface area contributed by atoms with Gasteiger partial charge in [-0.25, -0.2) is 4.79 Å². The summed E-state index contributed by atoms with van der Waals surface area (Å²) in [6.45, 7) is 1.84. The number of hydrogen-bond acceptors (Lipinski definition) is 3. The Morgan fingerprint density at radius 3 is 1.83 bits per heavy atom. The van der Waals surface area contributed by atoms with Gasteiger partial charge < -0.3 is 15.3 Å². The van der Waals surface area contributed by atoms with Crippen molar-refractivity contribution in [2.24, 2.45) is 0 Å². The first kappa shape index (κ1) is 12.9. The minimum Gasteiger partial charge on any atom is -0.481 e. The van der Waals surface area contributed by atoms with Crippen LogP contribution in [-0.4, -0.2) is 27.3 Å². The molecule has 0 amide bonds. The predicted octanol–water partition coefficient (Wildman–Crippen LogP) is 0.275. The van der Waals surface area contributed by atoms with Crippen LogP contribution in [0.2, 0.25) is 0 Å². The summed E-state index contributed by atoms with van der Waals surface area (Å²) in [5.74, 6) is -0.602. The monoisotopic (exact) mass is 174 g/mol. The van der Waals surface area contributed by atoms with Gasteiger partial charge in [0.2, 0.25) is 0 Å². The maximum Gasteiger partial charge on any atom is 0.385 e. The molecule has 0 aliphatic carbocycles. The third-order valence-electron chi connectivity index (χ3n) is 0.627. The van der Waals surface area contributed by atoms with Crippen LogP contribution in [0, 0.1) is 12.0 Å². The Kier molecular flexibility index (Phi) is 10.0. The standard InChI is InChI=1S/C4H8O2.C3H2O3/c1-2-3-4(5)6;4-2-1-3(5)6/h2-3H2,1H3,(H,5,6);4H,(H,5,6). The first-order valence-electron chi connectivity index (χ1n) is 3.14. The summed E-state index contributed by atoms with van der Waals surface area (Å²) in [6.07, 6.45) is 2.24. The van der Waals surface area contributed by atoms with E-state index in [0.29, 0.717) is 6.42 Å². The van der Waals surface area contributed by atoms with Gasteiger partial charge in [-0.1, -0.05) is 6.92 Å². The van der Waals surface area contributed by atoms with Crippen molar-refractivity contribution in [1.29, 1.82) is 0 Å². The van der Waals surface area contributed by atoms with Crippen molar-refractivity contribution in [3.63, 3.8) is 0 Å². The highest BCUT2D eigenvalue weighted by molar-refractivity contribution is 5.85. The van der Waals surface area contributed by atoms with Crippen molar-refractivity contribution >= 4 is 11.9 Å². The first-order chi connectivity index (χ1) is 5.54. The first-order valence-corrected chi connectivity index (χ1v) is 3.14. The smallest absolute Gasteiger partial charge is 0.385 e. The molecular weight excluding hydrogens is 164 g/mol. The van der Waals surface area contributed by atoms with Crippen LogP contribution in [-0.2, 0) is 9.59 Å². The lowest BCUT2D eigenvalue weighted by Gasteiger charge is -1.79. The molecule has 0 aromatic rings. The average molecular weight is 174 g/mol. The van der Waals surface area contributed by atoms with E-state index in [-0.39, 0.29) is 0 Å². The highest BCUT2D eigenvalue weighted by atomic mass is 16.4. The van der Waals surface area contributed by atoms with Crippen molar-refractivity contribution in [2.75, 3.05) is 0 Å². The number of aliphatic hydroxyl groups excluding tert-OH is 1. The Bertz CT molecular complexity index is 198. The van der Waals surface area contributed by atoms with Gasteiger partial charge in [0.15, 0.2) is 0 Å². The van der Waals surface area contributed by atoms with Crippen LogP contribution in [0.3, 0.4) is 0 Å². The SMILES string of the molecule is CCCC(=O)O.O=C(O)C#CO. The summed E-state index contributed by atoms with van der Waals surface area (Å²) in [5.41, 5.74) is 0. The molecule has 0 aromatic carbocycles. The maximum atomic E-state index is 9.60. The van der Waals surface area contributed by atoms with Crippen LogP contribution in [0.5, 0.6) is 0 Å². The molecule has 0 bridgehead atoms. The van der Waals surface area contributed by atoms with E-state index in [4.69, 9.17) is 15.3 Å². The van der Waals surface area contributed by atoms with Crippen molar-refractivity contribution in [1.82, 2.24) is 0 Å². The maximum absolute atomic E-state index is 9.60. The van der Waals surface area contributed by atoms with Crippen LogP contribution in [0.25, 0.3) is 0 Å². The van der Waals surface area contributed by atoms with E-state index in [1.165, 1.54) is 12.0 Å². The normalized spacial score (nSPS) is 6.75. The summed E-state index contributed by atoms with van der Waals surface area (Å²) in [6, 6.07) is 0. The van der Waals surface area contributed by atoms with Crippen molar-refractivity contribution in [2.45, 2.75) is 19.8 Å². The fourth-order valence-electron chi connectivity index (χ4n) is 0.262. The Balaban J connectivity index is 0. The zero-order chi connectivity index (χ0) is 9.98. The Morgan fingerprint density at radius 2 is 1.83 bits per heavy atom. The second-order valence-electron chi connectivity index (χ2n) is 1.69. The number of aliphatic carboxylic acids is 2. The van der Waals surface area contributed by atoms with Crippen molar-refractivity contribution < 1.29 is 24.9 Å². The molecule has 5 heteroatoms. The molecule has 0 spiro atoms. The molecule has 0 aliphatic rings. The molecule has 0 saturated carbocycles. The highest BCUT2D eigenvalue weighted by Crippen LogP contribution is 1.82. The molecule has 12 heavy (non-hydrogen) atoms. The molecule has 0 unspecified atom stereocenters. The summed E-state index contributed by atoms with van der Waals surface area (Å²) in [7, 11) is 0. The number of rotatable bonds is 2. The highest BCUT2D eigenvalue weighted by Gasteiger charge is 1.87. The number of carboxylic acid groups (broad SMARTS) is 2. The third-order valence-corrected chi connectivity index (χ3v) is 0.627. The minimum atomic E-state index is -1.32. The predicted molar refractivity (Wildman–Crippen MR) is 39.9 cm³/mol. The van der Waals surface area contributed by atoms with Gasteiger partial charge in [-0.2, -0.15) is 0 Å². The van der Waals surface area contributed by atoms with E-state index >= 15 is 0 Å². The Hall–Kier alpha value is -1.70. The van der Waals surface area contributed by atoms with Crippen LogP contribution in [0.1, 0.15) is 19.8 Å². The summed E-state index contributed by atoms with van der Waals surface area (Å²) >= 11 is 0. The molecule has 5 nitrogen and oxygen atoms in total. The Morgan fingerprint density at radius 1 is 1.33 bits per heavy atom. The van der Waals surface area contributed by atoms with Gasteiger partial charge in [-0.05, 0) is 6.42 Å². The summed E-state index contributed by atoms with van der Waals surface area (Å²) in [4.78, 5) is 18.9. The van der Waals surface area contributed by atoms with Crippen LogP contribution < -0.4 is 0 Å². The zero-order valence-corrected chi connectivity index (χ0v) is 6.57. The van der Waals surface area contributed by atoms with E-state index < -0.39 is 11.9 Å². The summed E-state index contributed by atoms with van der Waals surface area (Å²) < 4.78 is 0. The second kappa shape index (κ2) is 9.30. The lowest BCUT2D eigenvalue weighted by molar-refractivity contribution is -0.137.